The molecule has 1 nitrogen and oxygen atoms in total. The maximum atomic E-state index is 8.63. The van der Waals surface area contributed by atoms with Crippen LogP contribution in [0.2, 0.25) is 0 Å². The van der Waals surface area contributed by atoms with Gasteiger partial charge in [-0.05, 0) is 12.1 Å². The van der Waals surface area contributed by atoms with Crippen molar-refractivity contribution in [3.05, 3.63) is 66.7 Å². The molecule has 0 radical (unpaired) electrons. The third-order valence-electron chi connectivity index (χ3n) is 1.42. The monoisotopic (exact) mass is 304 g/mol. The van der Waals surface area contributed by atoms with E-state index in [-0.39, 0.29) is 23.7 Å². The minimum Gasteiger partial charge on any atom is -0.0623 e. The molecule has 0 spiro atoms. The van der Waals surface area contributed by atoms with Gasteiger partial charge in [0.2, 0.25) is 0 Å². The molecule has 0 aliphatic heterocycles. The fourth-order valence-corrected chi connectivity index (χ4v) is 0.813. The van der Waals surface area contributed by atoms with Crippen LogP contribution in [0.25, 0.3) is 0 Å². The Morgan fingerprint density at radius 2 is 0.857 bits per heavy atom. The predicted molar refractivity (Wildman–Crippen MR) is 63.1 cm³/mol. The zero-order valence-corrected chi connectivity index (χ0v) is 10.7. The molecule has 0 aromatic heterocycles. The summed E-state index contributed by atoms with van der Waals surface area (Å²) in [7, 11) is 0. The average Bonchev–Trinajstić information content (AvgIpc) is 2.22. The molecule has 2 heteroatoms. The molecule has 2 aromatic carbocycles. The maximum Gasteiger partial charge on any atom is -0.0623 e. The molecular formula is C12H14OTe. The SMILES string of the molecule is Oc1ccccc1.[TeH2].c1ccccc1. The third kappa shape index (κ3) is 6.54. The molecule has 0 heterocycles. The summed E-state index contributed by atoms with van der Waals surface area (Å²) in [6.07, 6.45) is 0. The van der Waals surface area contributed by atoms with Crippen LogP contribution in [-0.2, 0) is 0 Å². The van der Waals surface area contributed by atoms with Crippen LogP contribution in [0.1, 0.15) is 0 Å². The van der Waals surface area contributed by atoms with E-state index < -0.39 is 0 Å². The molecule has 0 saturated carbocycles. The second-order valence-electron chi connectivity index (χ2n) is 2.49. The Morgan fingerprint density at radius 1 is 0.571 bits per heavy atom. The van der Waals surface area contributed by atoms with Gasteiger partial charge in [-0.3, -0.25) is 0 Å². The molecule has 2 rings (SSSR count). The third-order valence-corrected chi connectivity index (χ3v) is 1.42. The first-order chi connectivity index (χ1) is 6.39. The Bertz CT molecular complexity index is 281. The zero-order chi connectivity index (χ0) is 9.36. The predicted octanol–water partition coefficient (Wildman–Crippen LogP) is 2.16. The van der Waals surface area contributed by atoms with Crippen molar-refractivity contribution < 1.29 is 5.11 Å². The maximum absolute atomic E-state index is 8.63. The summed E-state index contributed by atoms with van der Waals surface area (Å²) < 4.78 is 0. The number of aromatic hydroxyl groups is 1. The Hall–Kier alpha value is -0.970. The summed E-state index contributed by atoms with van der Waals surface area (Å²) in [4.78, 5) is 0. The van der Waals surface area contributed by atoms with Gasteiger partial charge in [-0.15, -0.1) is 0 Å². The van der Waals surface area contributed by atoms with E-state index in [0.717, 1.165) is 0 Å². The van der Waals surface area contributed by atoms with Crippen LogP contribution in [0, 0.1) is 0 Å². The molecule has 0 amide bonds. The molecule has 0 aliphatic rings. The molecule has 0 fully saturated rings. The summed E-state index contributed by atoms with van der Waals surface area (Å²) in [6, 6.07) is 20.7. The van der Waals surface area contributed by atoms with Crippen molar-refractivity contribution in [1.29, 1.82) is 0 Å². The average molecular weight is 302 g/mol. The number of para-hydroxylation sites is 1. The number of phenolic OH excluding ortho intramolecular Hbond substituents is 1. The first kappa shape index (κ1) is 13.0. The summed E-state index contributed by atoms with van der Waals surface area (Å²) in [5.74, 6) is 0.322. The first-order valence-corrected chi connectivity index (χ1v) is 4.13. The van der Waals surface area contributed by atoms with Crippen molar-refractivity contribution in [2.75, 3.05) is 0 Å². The van der Waals surface area contributed by atoms with Crippen LogP contribution in [0.15, 0.2) is 66.7 Å². The van der Waals surface area contributed by atoms with Gasteiger partial charge in [0.05, 0.1) is 0 Å². The van der Waals surface area contributed by atoms with E-state index in [1.54, 1.807) is 24.3 Å². The fourth-order valence-electron chi connectivity index (χ4n) is 0.813. The number of benzene rings is 2. The molecule has 0 saturated heterocycles. The normalized spacial score (nSPS) is 7.71. The summed E-state index contributed by atoms with van der Waals surface area (Å²) >= 11 is 0. The van der Waals surface area contributed by atoms with Crippen LogP contribution in [0.3, 0.4) is 0 Å². The van der Waals surface area contributed by atoms with Crippen LogP contribution >= 0.6 is 0 Å². The second-order valence-corrected chi connectivity index (χ2v) is 2.49. The summed E-state index contributed by atoms with van der Waals surface area (Å²) in [5.41, 5.74) is 0. The molecule has 74 valence electrons. The fraction of sp³-hybridized carbons (Fsp3) is 0. The van der Waals surface area contributed by atoms with Gasteiger partial charge in [0.1, 0.15) is 5.75 Å². The summed E-state index contributed by atoms with van der Waals surface area (Å²) in [5, 5.41) is 8.63. The van der Waals surface area contributed by atoms with Crippen LogP contribution < -0.4 is 0 Å². The van der Waals surface area contributed by atoms with Gasteiger partial charge < -0.3 is 5.11 Å². The molecule has 0 aliphatic carbocycles. The molecule has 0 bridgehead atoms. The van der Waals surface area contributed by atoms with Crippen LogP contribution in [0.4, 0.5) is 0 Å². The van der Waals surface area contributed by atoms with E-state index >= 15 is 0 Å². The first-order valence-electron chi connectivity index (χ1n) is 4.13. The van der Waals surface area contributed by atoms with Crippen molar-refractivity contribution in [3.63, 3.8) is 0 Å². The quantitative estimate of drug-likeness (QED) is 0.740. The van der Waals surface area contributed by atoms with E-state index in [0.29, 0.717) is 5.75 Å². The van der Waals surface area contributed by atoms with Gasteiger partial charge in [0.15, 0.2) is 0 Å². The molecule has 1 N–H and O–H groups in total. The van der Waals surface area contributed by atoms with Crippen molar-refractivity contribution in [2.45, 2.75) is 0 Å². The van der Waals surface area contributed by atoms with Crippen LogP contribution in [-0.4, -0.2) is 28.8 Å². The van der Waals surface area contributed by atoms with Crippen molar-refractivity contribution in [3.8, 4) is 5.75 Å². The topological polar surface area (TPSA) is 20.2 Å². The molecule has 14 heavy (non-hydrogen) atoms. The standard InChI is InChI=1S/C6H6O.C6H6.H2Te/c7-6-4-2-1-3-5-6;1-2-4-6-5-3-1;/h1-5,7H;1-6H;1H2. The van der Waals surface area contributed by atoms with Crippen molar-refractivity contribution >= 4 is 23.7 Å². The van der Waals surface area contributed by atoms with Crippen molar-refractivity contribution in [2.24, 2.45) is 0 Å². The number of phenols is 1. The number of hydrogen-bond acceptors (Lipinski definition) is 1. The minimum atomic E-state index is 0. The Kier molecular flexibility index (Phi) is 8.02. The zero-order valence-electron chi connectivity index (χ0n) is 7.80. The smallest absolute Gasteiger partial charge is 0.0623 e. The van der Waals surface area contributed by atoms with Crippen molar-refractivity contribution in [1.82, 2.24) is 0 Å². The Balaban J connectivity index is 0.000000227. The minimum absolute atomic E-state index is 0. The Labute approximate surface area is 101 Å². The van der Waals surface area contributed by atoms with E-state index in [1.807, 2.05) is 42.5 Å². The van der Waals surface area contributed by atoms with Gasteiger partial charge in [0.25, 0.3) is 0 Å². The van der Waals surface area contributed by atoms with E-state index in [9.17, 15) is 0 Å². The molecular weight excluding hydrogens is 288 g/mol. The largest absolute Gasteiger partial charge is 0.0623 e. The van der Waals surface area contributed by atoms with Gasteiger partial charge in [-0.2, -0.15) is 0 Å². The van der Waals surface area contributed by atoms with Gasteiger partial charge in [-0.25, -0.2) is 0 Å². The molecule has 2 aromatic rings. The second kappa shape index (κ2) is 8.62. The number of rotatable bonds is 0. The number of hydrogen-bond donors (Lipinski definition) is 1. The van der Waals surface area contributed by atoms with E-state index in [1.165, 1.54) is 0 Å². The van der Waals surface area contributed by atoms with E-state index in [2.05, 4.69) is 0 Å². The van der Waals surface area contributed by atoms with Gasteiger partial charge in [-0.1, -0.05) is 54.6 Å². The van der Waals surface area contributed by atoms with Gasteiger partial charge in [0, 0.05) is 0 Å². The molecule has 0 atom stereocenters. The van der Waals surface area contributed by atoms with E-state index in [4.69, 9.17) is 5.11 Å². The van der Waals surface area contributed by atoms with Gasteiger partial charge >= 0.3 is 23.7 Å². The van der Waals surface area contributed by atoms with Crippen LogP contribution in [0.5, 0.6) is 5.75 Å². The summed E-state index contributed by atoms with van der Waals surface area (Å²) in [6.45, 7) is 0. The molecule has 0 unspecified atom stereocenters. The Morgan fingerprint density at radius 3 is 1.07 bits per heavy atom.